The molecule has 1 fully saturated rings. The number of hydrogen-bond acceptors (Lipinski definition) is 10. The molecule has 0 bridgehead atoms. The molecular weight excluding hydrogens is 506 g/mol. The van der Waals surface area contributed by atoms with Crippen LogP contribution < -0.4 is 20.8 Å². The van der Waals surface area contributed by atoms with E-state index in [2.05, 4.69) is 26.3 Å². The van der Waals surface area contributed by atoms with E-state index in [1.807, 2.05) is 11.7 Å². The summed E-state index contributed by atoms with van der Waals surface area (Å²) in [6, 6.07) is -0.925. The van der Waals surface area contributed by atoms with Crippen molar-refractivity contribution in [3.05, 3.63) is 39.8 Å². The summed E-state index contributed by atoms with van der Waals surface area (Å²) in [6.07, 6.45) is 6.35. The number of carboxylic acid groups (broad SMARTS) is 1. The Balaban J connectivity index is 1.36. The van der Waals surface area contributed by atoms with Crippen molar-refractivity contribution in [2.75, 3.05) is 18.6 Å². The van der Waals surface area contributed by atoms with Gasteiger partial charge in [-0.25, -0.2) is 4.98 Å². The Morgan fingerprint density at radius 2 is 2.17 bits per heavy atom. The number of aryl methyl sites for hydroxylation is 1. The molecule has 2 atom stereocenters. The summed E-state index contributed by atoms with van der Waals surface area (Å²) in [4.78, 5) is 48.1. The number of carbonyl (C=O) groups excluding carboxylic acids is 3. The fraction of sp³-hybridized carbons (Fsp3) is 0.455. The van der Waals surface area contributed by atoms with Gasteiger partial charge in [-0.05, 0) is 25.7 Å². The van der Waals surface area contributed by atoms with Crippen molar-refractivity contribution in [1.29, 1.82) is 0 Å². The fourth-order valence-electron chi connectivity index (χ4n) is 4.89. The lowest BCUT2D eigenvalue weighted by molar-refractivity contribution is -0.767. The largest absolute Gasteiger partial charge is 0.543 e. The Hall–Kier alpha value is -3.39. The van der Waals surface area contributed by atoms with Crippen molar-refractivity contribution < 1.29 is 29.0 Å². The quantitative estimate of drug-likeness (QED) is 0.193. The van der Waals surface area contributed by atoms with E-state index in [9.17, 15) is 19.5 Å². The highest BCUT2D eigenvalue weighted by molar-refractivity contribution is 8.00. The lowest BCUT2D eigenvalue weighted by Crippen LogP contribution is -2.71. The number of rotatable bonds is 7. The monoisotopic (exact) mass is 531 g/mol. The molecule has 3 N–H and O–H groups in total. The summed E-state index contributed by atoms with van der Waals surface area (Å²) in [7, 11) is 3.26. The van der Waals surface area contributed by atoms with Crippen LogP contribution in [0.4, 0.5) is 5.13 Å². The van der Waals surface area contributed by atoms with E-state index < -0.39 is 29.2 Å². The summed E-state index contributed by atoms with van der Waals surface area (Å²) in [6.45, 7) is 0.337. The number of carbonyl (C=O) groups is 3. The number of nitrogens with two attached hydrogens (primary N) is 1. The number of β-lactam (4-membered cyclic amide) rings is 1. The normalized spacial score (nSPS) is 21.6. The van der Waals surface area contributed by atoms with Crippen molar-refractivity contribution in [3.8, 4) is 0 Å². The van der Waals surface area contributed by atoms with Gasteiger partial charge in [-0.1, -0.05) is 5.16 Å². The number of anilines is 1. The maximum atomic E-state index is 13.0. The van der Waals surface area contributed by atoms with Gasteiger partial charge in [-0.3, -0.25) is 14.5 Å². The van der Waals surface area contributed by atoms with Crippen LogP contribution in [0.3, 0.4) is 0 Å². The predicted molar refractivity (Wildman–Crippen MR) is 129 cm³/mol. The van der Waals surface area contributed by atoms with Gasteiger partial charge in [0.15, 0.2) is 23.6 Å². The van der Waals surface area contributed by atoms with Crippen LogP contribution in [0, 0.1) is 0 Å². The van der Waals surface area contributed by atoms with E-state index in [1.54, 1.807) is 5.38 Å². The van der Waals surface area contributed by atoms with Crippen LogP contribution >= 0.6 is 23.1 Å². The van der Waals surface area contributed by atoms with Crippen LogP contribution in [0.1, 0.15) is 29.8 Å². The third kappa shape index (κ3) is 4.13. The second kappa shape index (κ2) is 9.58. The van der Waals surface area contributed by atoms with Crippen molar-refractivity contribution in [2.24, 2.45) is 12.2 Å². The summed E-state index contributed by atoms with van der Waals surface area (Å²) in [5.41, 5.74) is 8.75. The number of nitrogens with zero attached hydrogens (tertiary/aromatic N) is 5. The van der Waals surface area contributed by atoms with E-state index in [4.69, 9.17) is 10.6 Å². The highest BCUT2D eigenvalue weighted by Gasteiger charge is 2.53. The van der Waals surface area contributed by atoms with E-state index in [0.717, 1.165) is 37.0 Å². The highest BCUT2D eigenvalue weighted by Crippen LogP contribution is 2.40. The van der Waals surface area contributed by atoms with E-state index in [1.165, 1.54) is 35.0 Å². The molecule has 1 unspecified atom stereocenters. The molecule has 0 radical (unpaired) electrons. The molecule has 2 aromatic heterocycles. The lowest BCUT2D eigenvalue weighted by Gasteiger charge is -2.50. The van der Waals surface area contributed by atoms with Crippen LogP contribution in [0.5, 0.6) is 0 Å². The van der Waals surface area contributed by atoms with Crippen LogP contribution in [0.2, 0.25) is 0 Å². The average molecular weight is 532 g/mol. The Labute approximate surface area is 214 Å². The van der Waals surface area contributed by atoms with Gasteiger partial charge in [0.25, 0.3) is 11.8 Å². The van der Waals surface area contributed by atoms with Gasteiger partial charge in [0.05, 0.1) is 24.4 Å². The van der Waals surface area contributed by atoms with E-state index in [-0.39, 0.29) is 22.2 Å². The zero-order valence-electron chi connectivity index (χ0n) is 19.7. The zero-order valence-corrected chi connectivity index (χ0v) is 21.4. The minimum Gasteiger partial charge on any atom is -0.543 e. The van der Waals surface area contributed by atoms with Crippen molar-refractivity contribution in [1.82, 2.24) is 19.9 Å². The van der Waals surface area contributed by atoms with Gasteiger partial charge < -0.3 is 25.8 Å². The van der Waals surface area contributed by atoms with Crippen molar-refractivity contribution in [2.45, 2.75) is 43.6 Å². The third-order valence-corrected chi connectivity index (χ3v) is 8.62. The molecule has 1 saturated heterocycles. The van der Waals surface area contributed by atoms with Gasteiger partial charge in [0.2, 0.25) is 0 Å². The van der Waals surface area contributed by atoms with E-state index >= 15 is 0 Å². The molecule has 36 heavy (non-hydrogen) atoms. The molecule has 190 valence electrons. The van der Waals surface area contributed by atoms with Gasteiger partial charge >= 0.3 is 0 Å². The molecule has 12 nitrogen and oxygen atoms in total. The number of thiazole rings is 1. The second-order valence-electron chi connectivity index (χ2n) is 8.72. The number of hydrogen-bond donors (Lipinski definition) is 2. The number of aliphatic carboxylic acids is 1. The molecule has 0 saturated carbocycles. The first-order valence-corrected chi connectivity index (χ1v) is 13.3. The van der Waals surface area contributed by atoms with Crippen molar-refractivity contribution in [3.63, 3.8) is 0 Å². The average Bonchev–Trinajstić information content (AvgIpc) is 3.43. The molecule has 2 amide bonds. The summed E-state index contributed by atoms with van der Waals surface area (Å²) < 4.78 is 4.06. The smallest absolute Gasteiger partial charge is 0.276 e. The Morgan fingerprint density at radius 3 is 2.83 bits per heavy atom. The molecule has 3 aliphatic rings. The second-order valence-corrected chi connectivity index (χ2v) is 10.7. The number of fused-ring (bicyclic) bond motifs is 2. The first-order chi connectivity index (χ1) is 17.3. The van der Waals surface area contributed by atoms with Crippen LogP contribution in [-0.4, -0.2) is 62.3 Å². The molecule has 0 spiro atoms. The lowest BCUT2D eigenvalue weighted by atomic mass is 9.98. The molecule has 4 heterocycles. The topological polar surface area (TPSA) is 159 Å². The zero-order chi connectivity index (χ0) is 25.6. The number of aromatic nitrogens is 3. The maximum absolute atomic E-state index is 13.0. The molecule has 14 heteroatoms. The number of amides is 2. The predicted octanol–water partition coefficient (Wildman–Crippen LogP) is -1.32. The first kappa shape index (κ1) is 24.3. The summed E-state index contributed by atoms with van der Waals surface area (Å²) in [5, 5.41) is 19.8. The number of nitrogens with one attached hydrogen (secondary N) is 1. The Bertz CT molecular complexity index is 1310. The van der Waals surface area contributed by atoms with Gasteiger partial charge in [0.1, 0.15) is 24.2 Å². The maximum Gasteiger partial charge on any atom is 0.276 e. The molecule has 2 aromatic rings. The number of carboxylic acids is 1. The third-order valence-electron chi connectivity index (χ3n) is 6.60. The standard InChI is InChI=1S/C22H25N7O5S2/c1-27-14-6-4-3-5-11(14)7-28(27)8-12-9-35-20-16(19(31)29(20)17(12)21(32)33)25-18(30)15(26-34-2)13-10-36-22(23)24-13/h7,10,16,20H,3-6,8-9H2,1-2H3,(H3-,23,24,25,30,32,33)/t16?,20-/m1/s1. The SMILES string of the molecule is CON=C(C(=O)NC1C(=O)N2C(C(=O)[O-])=C(C[n+]3cc4c(n3C)CCCC4)CS[C@H]12)c1csc(N)n1. The van der Waals surface area contributed by atoms with Gasteiger partial charge in [0, 0.05) is 22.3 Å². The van der Waals surface area contributed by atoms with Gasteiger partial charge in [-0.2, -0.15) is 4.68 Å². The minimum absolute atomic E-state index is 0.126. The highest BCUT2D eigenvalue weighted by atomic mass is 32.2. The fourth-order valence-corrected chi connectivity index (χ4v) is 6.77. The summed E-state index contributed by atoms with van der Waals surface area (Å²) in [5.74, 6) is -2.22. The van der Waals surface area contributed by atoms with Crippen LogP contribution in [0.25, 0.3) is 0 Å². The van der Waals surface area contributed by atoms with Crippen LogP contribution in [-0.2, 0) is 45.7 Å². The Kier molecular flexibility index (Phi) is 6.47. The van der Waals surface area contributed by atoms with Gasteiger partial charge in [-0.15, -0.1) is 27.8 Å². The molecule has 2 aliphatic heterocycles. The number of nitrogen functional groups attached to an aromatic ring is 1. The van der Waals surface area contributed by atoms with E-state index in [0.29, 0.717) is 17.9 Å². The number of thioether (sulfide) groups is 1. The minimum atomic E-state index is -1.41. The molecule has 5 rings (SSSR count). The summed E-state index contributed by atoms with van der Waals surface area (Å²) >= 11 is 2.53. The molecule has 1 aliphatic carbocycles. The first-order valence-electron chi connectivity index (χ1n) is 11.4. The molecule has 0 aromatic carbocycles. The Morgan fingerprint density at radius 1 is 1.39 bits per heavy atom. The van der Waals surface area contributed by atoms with Crippen LogP contribution in [0.15, 0.2) is 28.0 Å². The van der Waals surface area contributed by atoms with Crippen molar-refractivity contribution >= 4 is 51.7 Å². The number of oxime groups is 1. The molecular formula is C22H25N7O5S2.